The number of thioether (sulfide) groups is 1. The van der Waals surface area contributed by atoms with Crippen molar-refractivity contribution in [3.8, 4) is 0 Å². The van der Waals surface area contributed by atoms with Gasteiger partial charge in [-0.15, -0.1) is 0 Å². The van der Waals surface area contributed by atoms with E-state index in [4.69, 9.17) is 11.6 Å². The molecule has 0 fully saturated rings. The third kappa shape index (κ3) is 2.21. The molecule has 3 nitrogen and oxygen atoms in total. The molecule has 0 saturated heterocycles. The van der Waals surface area contributed by atoms with Crippen molar-refractivity contribution in [2.75, 3.05) is 6.26 Å². The number of H-pyrrole nitrogens is 1. The van der Waals surface area contributed by atoms with Gasteiger partial charge >= 0.3 is 6.18 Å². The molecule has 0 atom stereocenters. The summed E-state index contributed by atoms with van der Waals surface area (Å²) in [6.07, 6.45) is -3.22. The SMILES string of the molecule is CSc1nc(C(F)(F)F)c(Cl)c(=O)[nH]1. The van der Waals surface area contributed by atoms with Crippen LogP contribution in [0.15, 0.2) is 9.95 Å². The zero-order valence-electron chi connectivity index (χ0n) is 6.78. The topological polar surface area (TPSA) is 45.8 Å². The molecule has 0 aliphatic carbocycles. The Morgan fingerprint density at radius 3 is 2.50 bits per heavy atom. The zero-order valence-corrected chi connectivity index (χ0v) is 8.35. The van der Waals surface area contributed by atoms with Gasteiger partial charge in [0.15, 0.2) is 10.9 Å². The second-order valence-electron chi connectivity index (χ2n) is 2.24. The number of aromatic nitrogens is 2. The summed E-state index contributed by atoms with van der Waals surface area (Å²) in [4.78, 5) is 16.2. The van der Waals surface area contributed by atoms with Crippen LogP contribution in [0, 0.1) is 0 Å². The molecule has 0 bridgehead atoms. The summed E-state index contributed by atoms with van der Waals surface area (Å²) in [5.41, 5.74) is -2.34. The normalized spacial score (nSPS) is 11.8. The first kappa shape index (κ1) is 11.4. The quantitative estimate of drug-likeness (QED) is 0.608. The molecule has 14 heavy (non-hydrogen) atoms. The molecule has 1 N–H and O–H groups in total. The Hall–Kier alpha value is -0.690. The van der Waals surface area contributed by atoms with E-state index in [1.807, 2.05) is 0 Å². The Morgan fingerprint density at radius 1 is 1.50 bits per heavy atom. The highest BCUT2D eigenvalue weighted by Crippen LogP contribution is 2.31. The van der Waals surface area contributed by atoms with E-state index in [1.54, 1.807) is 0 Å². The highest BCUT2D eigenvalue weighted by molar-refractivity contribution is 7.98. The van der Waals surface area contributed by atoms with E-state index < -0.39 is 22.5 Å². The van der Waals surface area contributed by atoms with Crippen LogP contribution in [-0.4, -0.2) is 16.2 Å². The van der Waals surface area contributed by atoms with E-state index >= 15 is 0 Å². The van der Waals surface area contributed by atoms with Crippen LogP contribution in [0.4, 0.5) is 13.2 Å². The lowest BCUT2D eigenvalue weighted by Gasteiger charge is -2.07. The monoisotopic (exact) mass is 244 g/mol. The molecule has 0 aliphatic heterocycles. The fraction of sp³-hybridized carbons (Fsp3) is 0.333. The summed E-state index contributed by atoms with van der Waals surface area (Å²) >= 11 is 6.07. The van der Waals surface area contributed by atoms with Gasteiger partial charge in [-0.25, -0.2) is 4.98 Å². The second-order valence-corrected chi connectivity index (χ2v) is 3.41. The largest absolute Gasteiger partial charge is 0.435 e. The van der Waals surface area contributed by atoms with Crippen molar-refractivity contribution in [1.82, 2.24) is 9.97 Å². The number of hydrogen-bond acceptors (Lipinski definition) is 3. The van der Waals surface area contributed by atoms with E-state index in [1.165, 1.54) is 6.26 Å². The fourth-order valence-corrected chi connectivity index (χ4v) is 1.30. The Kier molecular flexibility index (Phi) is 3.10. The number of nitrogens with one attached hydrogen (secondary N) is 1. The van der Waals surface area contributed by atoms with Gasteiger partial charge in [-0.3, -0.25) is 4.79 Å². The van der Waals surface area contributed by atoms with E-state index in [0.29, 0.717) is 0 Å². The van der Waals surface area contributed by atoms with Gasteiger partial charge in [0.05, 0.1) is 0 Å². The number of rotatable bonds is 1. The predicted octanol–water partition coefficient (Wildman–Crippen LogP) is 2.16. The number of aromatic amines is 1. The zero-order chi connectivity index (χ0) is 10.9. The van der Waals surface area contributed by atoms with Gasteiger partial charge in [0.25, 0.3) is 5.56 Å². The Balaban J connectivity index is 3.43. The van der Waals surface area contributed by atoms with Crippen molar-refractivity contribution in [1.29, 1.82) is 0 Å². The van der Waals surface area contributed by atoms with Gasteiger partial charge in [0.2, 0.25) is 0 Å². The first-order valence-electron chi connectivity index (χ1n) is 3.27. The van der Waals surface area contributed by atoms with Gasteiger partial charge in [-0.1, -0.05) is 23.4 Å². The minimum absolute atomic E-state index is 0.119. The molecule has 0 saturated carbocycles. The molecular weight excluding hydrogens is 241 g/mol. The van der Waals surface area contributed by atoms with E-state index in [2.05, 4.69) is 9.97 Å². The van der Waals surface area contributed by atoms with Gasteiger partial charge in [-0.05, 0) is 6.26 Å². The maximum Gasteiger partial charge on any atom is 0.435 e. The lowest BCUT2D eigenvalue weighted by molar-refractivity contribution is -0.141. The molecule has 1 aromatic rings. The summed E-state index contributed by atoms with van der Waals surface area (Å²) in [6, 6.07) is 0. The number of nitrogens with zero attached hydrogens (tertiary/aromatic N) is 1. The minimum Gasteiger partial charge on any atom is -0.300 e. The molecule has 1 aromatic heterocycles. The lowest BCUT2D eigenvalue weighted by Crippen LogP contribution is -2.19. The van der Waals surface area contributed by atoms with Crippen molar-refractivity contribution >= 4 is 23.4 Å². The van der Waals surface area contributed by atoms with Crippen LogP contribution in [0.3, 0.4) is 0 Å². The maximum atomic E-state index is 12.2. The fourth-order valence-electron chi connectivity index (χ4n) is 0.723. The highest BCUT2D eigenvalue weighted by atomic mass is 35.5. The van der Waals surface area contributed by atoms with Crippen LogP contribution < -0.4 is 5.56 Å². The highest BCUT2D eigenvalue weighted by Gasteiger charge is 2.36. The van der Waals surface area contributed by atoms with Gasteiger partial charge in [0, 0.05) is 0 Å². The van der Waals surface area contributed by atoms with Crippen molar-refractivity contribution in [3.63, 3.8) is 0 Å². The Labute approximate surface area is 85.7 Å². The van der Waals surface area contributed by atoms with Crippen LogP contribution in [0.2, 0.25) is 5.02 Å². The maximum absolute atomic E-state index is 12.2. The smallest absolute Gasteiger partial charge is 0.300 e. The van der Waals surface area contributed by atoms with Gasteiger partial charge < -0.3 is 4.98 Å². The van der Waals surface area contributed by atoms with Gasteiger partial charge in [0.1, 0.15) is 5.02 Å². The molecule has 0 aromatic carbocycles. The molecule has 1 heterocycles. The molecule has 78 valence electrons. The lowest BCUT2D eigenvalue weighted by atomic mass is 10.4. The van der Waals surface area contributed by atoms with Crippen LogP contribution in [0.25, 0.3) is 0 Å². The molecule has 0 unspecified atom stereocenters. The van der Waals surface area contributed by atoms with Crippen LogP contribution in [0.1, 0.15) is 5.69 Å². The number of hydrogen-bond donors (Lipinski definition) is 1. The first-order valence-corrected chi connectivity index (χ1v) is 4.87. The summed E-state index contributed by atoms with van der Waals surface area (Å²) in [7, 11) is 0. The van der Waals surface area contributed by atoms with Crippen LogP contribution in [0.5, 0.6) is 0 Å². The van der Waals surface area contributed by atoms with Crippen molar-refractivity contribution in [2.24, 2.45) is 0 Å². The summed E-state index contributed by atoms with van der Waals surface area (Å²) < 4.78 is 36.7. The summed E-state index contributed by atoms with van der Waals surface area (Å²) in [5, 5.41) is -1.05. The molecule has 0 aliphatic rings. The molecule has 8 heteroatoms. The Morgan fingerprint density at radius 2 is 2.07 bits per heavy atom. The third-order valence-corrected chi connectivity index (χ3v) is 2.23. The number of alkyl halides is 3. The van der Waals surface area contributed by atoms with Crippen LogP contribution in [-0.2, 0) is 6.18 Å². The average molecular weight is 245 g/mol. The van der Waals surface area contributed by atoms with Crippen molar-refractivity contribution < 1.29 is 13.2 Å². The Bertz CT molecular complexity index is 403. The summed E-state index contributed by atoms with van der Waals surface area (Å²) in [5.74, 6) is 0. The molecule has 1 rings (SSSR count). The molecule has 0 amide bonds. The van der Waals surface area contributed by atoms with Crippen molar-refractivity contribution in [3.05, 3.63) is 21.1 Å². The molecule has 0 radical (unpaired) electrons. The predicted molar refractivity (Wildman–Crippen MR) is 46.7 cm³/mol. The average Bonchev–Trinajstić information content (AvgIpc) is 2.07. The van der Waals surface area contributed by atoms with E-state index in [0.717, 1.165) is 11.8 Å². The number of halogens is 4. The van der Waals surface area contributed by atoms with Gasteiger partial charge in [-0.2, -0.15) is 13.2 Å². The first-order chi connectivity index (χ1) is 6.36. The molecule has 0 spiro atoms. The van der Waals surface area contributed by atoms with Crippen molar-refractivity contribution in [2.45, 2.75) is 11.3 Å². The van der Waals surface area contributed by atoms with E-state index in [-0.39, 0.29) is 5.16 Å². The van der Waals surface area contributed by atoms with E-state index in [9.17, 15) is 18.0 Å². The third-order valence-electron chi connectivity index (χ3n) is 1.30. The second kappa shape index (κ2) is 3.82. The molecular formula is C6H4ClF3N2OS. The standard InChI is InChI=1S/C6H4ClF3N2OS/c1-14-5-11-3(6(8,9)10)2(7)4(13)12-5/h1H3,(H,11,12,13). The van der Waals surface area contributed by atoms with Crippen LogP contribution >= 0.6 is 23.4 Å². The summed E-state index contributed by atoms with van der Waals surface area (Å²) in [6.45, 7) is 0. The minimum atomic E-state index is -4.71.